The van der Waals surface area contributed by atoms with Crippen molar-refractivity contribution in [3.8, 4) is 0 Å². The Morgan fingerprint density at radius 1 is 1.75 bits per heavy atom. The van der Waals surface area contributed by atoms with Crippen molar-refractivity contribution in [2.75, 3.05) is 12.4 Å². The molecular weight excluding hydrogens is 158 g/mol. The fourth-order valence-electron chi connectivity index (χ4n) is 0.956. The summed E-state index contributed by atoms with van der Waals surface area (Å²) >= 11 is 0. The number of carbonyl (C=O) groups is 1. The zero-order valence-corrected chi connectivity index (χ0v) is 7.05. The van der Waals surface area contributed by atoms with E-state index < -0.39 is 5.97 Å². The monoisotopic (exact) mass is 169 g/mol. The molecule has 0 atom stereocenters. The van der Waals surface area contributed by atoms with Crippen molar-refractivity contribution in [1.82, 2.24) is 0 Å². The van der Waals surface area contributed by atoms with Gasteiger partial charge in [-0.3, -0.25) is 4.79 Å². The number of anilines is 1. The van der Waals surface area contributed by atoms with Crippen molar-refractivity contribution in [3.05, 3.63) is 17.4 Å². The van der Waals surface area contributed by atoms with Gasteiger partial charge in [-0.1, -0.05) is 0 Å². The molecule has 66 valence electrons. The quantitative estimate of drug-likeness (QED) is 0.715. The zero-order valence-electron chi connectivity index (χ0n) is 7.05. The number of carboxylic acids is 1. The molecule has 0 saturated carbocycles. The molecule has 0 spiro atoms. The molecule has 1 heterocycles. The third-order valence-corrected chi connectivity index (χ3v) is 1.58. The summed E-state index contributed by atoms with van der Waals surface area (Å²) in [7, 11) is 1.73. The Bertz CT molecular complexity index is 290. The summed E-state index contributed by atoms with van der Waals surface area (Å²) in [5.41, 5.74) is 0.863. The van der Waals surface area contributed by atoms with Crippen molar-refractivity contribution in [1.29, 1.82) is 0 Å². The van der Waals surface area contributed by atoms with Gasteiger partial charge in [0.15, 0.2) is 5.88 Å². The third kappa shape index (κ3) is 1.78. The van der Waals surface area contributed by atoms with Gasteiger partial charge < -0.3 is 14.8 Å². The van der Waals surface area contributed by atoms with Crippen LogP contribution in [0.3, 0.4) is 0 Å². The van der Waals surface area contributed by atoms with E-state index in [1.54, 1.807) is 13.1 Å². The van der Waals surface area contributed by atoms with E-state index in [0.29, 0.717) is 11.6 Å². The van der Waals surface area contributed by atoms with Crippen LogP contribution in [0.5, 0.6) is 0 Å². The van der Waals surface area contributed by atoms with Gasteiger partial charge in [0.1, 0.15) is 12.2 Å². The molecule has 1 aromatic heterocycles. The van der Waals surface area contributed by atoms with Crippen LogP contribution in [0.4, 0.5) is 5.88 Å². The molecule has 0 aromatic carbocycles. The Balaban J connectivity index is 2.84. The summed E-state index contributed by atoms with van der Waals surface area (Å²) in [4.78, 5) is 10.3. The molecule has 0 fully saturated rings. The molecule has 1 rings (SSSR count). The van der Waals surface area contributed by atoms with Crippen LogP contribution in [-0.4, -0.2) is 18.1 Å². The smallest absolute Gasteiger partial charge is 0.311 e. The lowest BCUT2D eigenvalue weighted by Crippen LogP contribution is -1.99. The number of carboxylic acid groups (broad SMARTS) is 1. The maximum absolute atomic E-state index is 10.3. The fraction of sp³-hybridized carbons (Fsp3) is 0.375. The van der Waals surface area contributed by atoms with Gasteiger partial charge >= 0.3 is 5.97 Å². The molecule has 0 aliphatic rings. The van der Waals surface area contributed by atoms with Crippen LogP contribution < -0.4 is 5.32 Å². The lowest BCUT2D eigenvalue weighted by molar-refractivity contribution is -0.136. The van der Waals surface area contributed by atoms with Crippen LogP contribution in [0, 0.1) is 6.92 Å². The second-order valence-corrected chi connectivity index (χ2v) is 2.54. The number of hydrogen-bond acceptors (Lipinski definition) is 3. The zero-order chi connectivity index (χ0) is 9.14. The molecule has 0 aliphatic heterocycles. The molecular formula is C8H11NO3. The molecule has 0 amide bonds. The second-order valence-electron chi connectivity index (χ2n) is 2.54. The van der Waals surface area contributed by atoms with Crippen LogP contribution in [0.15, 0.2) is 10.5 Å². The summed E-state index contributed by atoms with van der Waals surface area (Å²) < 4.78 is 5.18. The minimum absolute atomic E-state index is 0.0620. The highest BCUT2D eigenvalue weighted by Gasteiger charge is 2.09. The van der Waals surface area contributed by atoms with E-state index in [0.717, 1.165) is 5.56 Å². The van der Waals surface area contributed by atoms with E-state index in [1.165, 1.54) is 0 Å². The molecule has 2 N–H and O–H groups in total. The predicted octanol–water partition coefficient (Wildman–Crippen LogP) is 1.26. The SMILES string of the molecule is CNc1cc(C)c(CC(=O)O)o1. The van der Waals surface area contributed by atoms with Gasteiger partial charge in [0.2, 0.25) is 0 Å². The predicted molar refractivity (Wildman–Crippen MR) is 44.3 cm³/mol. The molecule has 1 aromatic rings. The van der Waals surface area contributed by atoms with Crippen LogP contribution >= 0.6 is 0 Å². The lowest BCUT2D eigenvalue weighted by Gasteiger charge is -1.92. The molecule has 12 heavy (non-hydrogen) atoms. The Kier molecular flexibility index (Phi) is 2.38. The number of hydrogen-bond donors (Lipinski definition) is 2. The number of rotatable bonds is 3. The second kappa shape index (κ2) is 3.30. The topological polar surface area (TPSA) is 62.5 Å². The van der Waals surface area contributed by atoms with Gasteiger partial charge in [0, 0.05) is 13.1 Å². The standard InChI is InChI=1S/C8H11NO3/c1-5-3-7(9-2)12-6(5)4-8(10)11/h3,9H,4H2,1-2H3,(H,10,11). The van der Waals surface area contributed by atoms with E-state index in [-0.39, 0.29) is 6.42 Å². The van der Waals surface area contributed by atoms with Gasteiger partial charge in [-0.25, -0.2) is 0 Å². The number of aliphatic carboxylic acids is 1. The van der Waals surface area contributed by atoms with Crippen molar-refractivity contribution < 1.29 is 14.3 Å². The van der Waals surface area contributed by atoms with Gasteiger partial charge in [-0.2, -0.15) is 0 Å². The summed E-state index contributed by atoms with van der Waals surface area (Å²) in [5, 5.41) is 11.3. The van der Waals surface area contributed by atoms with Crippen LogP contribution in [0.1, 0.15) is 11.3 Å². The Morgan fingerprint density at radius 2 is 2.42 bits per heavy atom. The van der Waals surface area contributed by atoms with Gasteiger partial charge in [-0.15, -0.1) is 0 Å². The third-order valence-electron chi connectivity index (χ3n) is 1.58. The van der Waals surface area contributed by atoms with Crippen molar-refractivity contribution >= 4 is 11.9 Å². The van der Waals surface area contributed by atoms with Crippen molar-refractivity contribution in [2.24, 2.45) is 0 Å². The maximum atomic E-state index is 10.3. The molecule has 0 aliphatic carbocycles. The largest absolute Gasteiger partial charge is 0.481 e. The first kappa shape index (κ1) is 8.64. The van der Waals surface area contributed by atoms with Crippen molar-refractivity contribution in [2.45, 2.75) is 13.3 Å². The molecule has 4 nitrogen and oxygen atoms in total. The van der Waals surface area contributed by atoms with Crippen molar-refractivity contribution in [3.63, 3.8) is 0 Å². The Labute approximate surface area is 70.2 Å². The van der Waals surface area contributed by atoms with Crippen LogP contribution in [0.2, 0.25) is 0 Å². The van der Waals surface area contributed by atoms with Gasteiger partial charge in [0.25, 0.3) is 0 Å². The normalized spacial score (nSPS) is 9.83. The number of aryl methyl sites for hydroxylation is 1. The van der Waals surface area contributed by atoms with E-state index in [9.17, 15) is 4.79 Å². The molecule has 0 saturated heterocycles. The minimum atomic E-state index is -0.880. The molecule has 0 unspecified atom stereocenters. The Morgan fingerprint density at radius 3 is 2.83 bits per heavy atom. The molecule has 0 bridgehead atoms. The average Bonchev–Trinajstić information content (AvgIpc) is 2.31. The summed E-state index contributed by atoms with van der Waals surface area (Å²) in [6, 6.07) is 1.78. The van der Waals surface area contributed by atoms with Gasteiger partial charge in [-0.05, 0) is 12.5 Å². The highest BCUT2D eigenvalue weighted by Crippen LogP contribution is 2.18. The minimum Gasteiger partial charge on any atom is -0.481 e. The molecule has 0 radical (unpaired) electrons. The first-order valence-electron chi connectivity index (χ1n) is 3.62. The fourth-order valence-corrected chi connectivity index (χ4v) is 0.956. The van der Waals surface area contributed by atoms with E-state index >= 15 is 0 Å². The Hall–Kier alpha value is -1.45. The van der Waals surface area contributed by atoms with Crippen LogP contribution in [-0.2, 0) is 11.2 Å². The highest BCUT2D eigenvalue weighted by atomic mass is 16.4. The number of nitrogens with one attached hydrogen (secondary N) is 1. The summed E-state index contributed by atoms with van der Waals surface area (Å²) in [6.45, 7) is 1.82. The van der Waals surface area contributed by atoms with E-state index in [4.69, 9.17) is 9.52 Å². The first-order chi connectivity index (χ1) is 5.63. The number of furan rings is 1. The van der Waals surface area contributed by atoms with Gasteiger partial charge in [0.05, 0.1) is 0 Å². The first-order valence-corrected chi connectivity index (χ1v) is 3.62. The highest BCUT2D eigenvalue weighted by molar-refractivity contribution is 5.70. The maximum Gasteiger partial charge on any atom is 0.311 e. The lowest BCUT2D eigenvalue weighted by atomic mass is 10.2. The van der Waals surface area contributed by atoms with E-state index in [1.807, 2.05) is 6.92 Å². The summed E-state index contributed by atoms with van der Waals surface area (Å²) in [5.74, 6) is 0.228. The van der Waals surface area contributed by atoms with E-state index in [2.05, 4.69) is 5.32 Å². The average molecular weight is 169 g/mol. The summed E-state index contributed by atoms with van der Waals surface area (Å²) in [6.07, 6.45) is -0.0620. The van der Waals surface area contributed by atoms with Crippen LogP contribution in [0.25, 0.3) is 0 Å². The molecule has 4 heteroatoms.